The van der Waals surface area contributed by atoms with E-state index in [0.29, 0.717) is 27.5 Å². The molecule has 4 rings (SSSR count). The number of nitrogens with one attached hydrogen (secondary N) is 4. The largest absolute Gasteiger partial charge is 0.348 e. The number of nitrogens with zero attached hydrogens (tertiary/aromatic N) is 4. The maximum absolute atomic E-state index is 12.2. The summed E-state index contributed by atoms with van der Waals surface area (Å²) < 4.78 is 0. The summed E-state index contributed by atoms with van der Waals surface area (Å²) in [5, 5.41) is 16.7. The first-order chi connectivity index (χ1) is 13.5. The third-order valence-electron chi connectivity index (χ3n) is 4.12. The highest BCUT2D eigenvalue weighted by Gasteiger charge is 2.27. The Hall–Kier alpha value is -3.05. The Morgan fingerprint density at radius 2 is 2.14 bits per heavy atom. The van der Waals surface area contributed by atoms with Gasteiger partial charge in [0.05, 0.1) is 12.1 Å². The summed E-state index contributed by atoms with van der Waals surface area (Å²) >= 11 is 7.26. The fourth-order valence-electron chi connectivity index (χ4n) is 2.69. The second-order valence-corrected chi connectivity index (χ2v) is 7.56. The lowest BCUT2D eigenvalue weighted by atomic mass is 10.00. The fourth-order valence-corrected chi connectivity index (χ4v) is 3.50. The number of aryl methyl sites for hydroxylation is 1. The molecule has 1 aromatic heterocycles. The van der Waals surface area contributed by atoms with Crippen LogP contribution in [-0.2, 0) is 9.59 Å². The van der Waals surface area contributed by atoms with Crippen molar-refractivity contribution in [3.8, 4) is 0 Å². The van der Waals surface area contributed by atoms with Gasteiger partial charge in [0, 0.05) is 11.4 Å². The Labute approximate surface area is 168 Å². The van der Waals surface area contributed by atoms with Crippen LogP contribution in [0.25, 0.3) is 0 Å². The Bertz CT molecular complexity index is 1020. The van der Waals surface area contributed by atoms with E-state index < -0.39 is 6.04 Å². The van der Waals surface area contributed by atoms with Crippen molar-refractivity contribution in [2.45, 2.75) is 25.8 Å². The molecule has 2 aliphatic rings. The Balaban J connectivity index is 1.46. The number of rotatable bonds is 4. The van der Waals surface area contributed by atoms with Crippen LogP contribution in [0.2, 0.25) is 5.02 Å². The van der Waals surface area contributed by atoms with Crippen molar-refractivity contribution in [1.29, 1.82) is 0 Å². The molecule has 2 aliphatic heterocycles. The first-order valence-corrected chi connectivity index (χ1v) is 9.53. The molecule has 1 atom stereocenters. The minimum atomic E-state index is -0.551. The molecule has 0 spiro atoms. The van der Waals surface area contributed by atoms with Crippen molar-refractivity contribution in [2.24, 2.45) is 10.1 Å². The number of aliphatic imine (C=N–C) groups is 1. The molecule has 10 nitrogen and oxygen atoms in total. The monoisotopic (exact) mass is 418 g/mol. The SMILES string of the molecule is Cc1cc(C2=NNC(=O)C(Nc3nnc(/N=C4\CC(=O)NN4)s3)C2)ccc1Cl. The maximum Gasteiger partial charge on any atom is 0.263 e. The van der Waals surface area contributed by atoms with Gasteiger partial charge in [-0.05, 0) is 30.2 Å². The quantitative estimate of drug-likeness (QED) is 0.590. The normalized spacial score (nSPS) is 20.4. The predicted molar refractivity (Wildman–Crippen MR) is 106 cm³/mol. The smallest absolute Gasteiger partial charge is 0.263 e. The molecule has 144 valence electrons. The Kier molecular flexibility index (Phi) is 4.92. The van der Waals surface area contributed by atoms with Crippen LogP contribution >= 0.6 is 22.9 Å². The number of halogens is 1. The van der Waals surface area contributed by atoms with Gasteiger partial charge in [-0.15, -0.1) is 10.2 Å². The molecule has 1 saturated heterocycles. The highest BCUT2D eigenvalue weighted by molar-refractivity contribution is 7.18. The average Bonchev–Trinajstić information content (AvgIpc) is 3.28. The average molecular weight is 419 g/mol. The number of hydrogen-bond donors (Lipinski definition) is 4. The molecule has 2 amide bonds. The van der Waals surface area contributed by atoms with Gasteiger partial charge >= 0.3 is 0 Å². The minimum Gasteiger partial charge on any atom is -0.348 e. The summed E-state index contributed by atoms with van der Waals surface area (Å²) in [6.45, 7) is 1.91. The number of anilines is 1. The van der Waals surface area contributed by atoms with Gasteiger partial charge in [-0.3, -0.25) is 20.4 Å². The standard InChI is InChI=1S/C16H15ClN8O2S/c1-7-4-8(2-3-9(7)17)10-5-11(14(27)23-20-10)18-15-24-25-16(28-15)19-12-6-13(26)22-21-12/h2-4,11H,5-6H2,1H3,(H,18,24)(H,22,26)(H,23,27)(H,19,21,25). The molecular weight excluding hydrogens is 404 g/mol. The highest BCUT2D eigenvalue weighted by atomic mass is 35.5. The highest BCUT2D eigenvalue weighted by Crippen LogP contribution is 2.25. The Morgan fingerprint density at radius 3 is 2.89 bits per heavy atom. The van der Waals surface area contributed by atoms with E-state index in [9.17, 15) is 9.59 Å². The third-order valence-corrected chi connectivity index (χ3v) is 5.30. The van der Waals surface area contributed by atoms with Crippen LogP contribution in [0.4, 0.5) is 10.3 Å². The molecule has 1 fully saturated rings. The third kappa shape index (κ3) is 3.94. The van der Waals surface area contributed by atoms with Crippen LogP contribution in [0.3, 0.4) is 0 Å². The number of aromatic nitrogens is 2. The topological polar surface area (TPSA) is 133 Å². The molecule has 3 heterocycles. The number of carbonyl (C=O) groups is 2. The number of amides is 2. The molecule has 0 bridgehead atoms. The number of hydrogen-bond acceptors (Lipinski definition) is 8. The van der Waals surface area contributed by atoms with Crippen LogP contribution in [0.5, 0.6) is 0 Å². The maximum atomic E-state index is 12.2. The molecule has 12 heteroatoms. The number of carbonyl (C=O) groups excluding carboxylic acids is 2. The Morgan fingerprint density at radius 1 is 1.29 bits per heavy atom. The predicted octanol–water partition coefficient (Wildman–Crippen LogP) is 1.26. The number of hydrazine groups is 1. The number of benzene rings is 1. The van der Waals surface area contributed by atoms with Gasteiger partial charge in [-0.2, -0.15) is 5.10 Å². The first-order valence-electron chi connectivity index (χ1n) is 8.33. The summed E-state index contributed by atoms with van der Waals surface area (Å²) in [5.74, 6) is 0.0464. The van der Waals surface area contributed by atoms with E-state index >= 15 is 0 Å². The summed E-state index contributed by atoms with van der Waals surface area (Å²) in [6, 6.07) is 5.05. The van der Waals surface area contributed by atoms with Crippen LogP contribution in [-0.4, -0.2) is 39.6 Å². The van der Waals surface area contributed by atoms with Gasteiger partial charge in [-0.25, -0.2) is 10.4 Å². The van der Waals surface area contributed by atoms with Crippen molar-refractivity contribution >= 4 is 56.6 Å². The van der Waals surface area contributed by atoms with Gasteiger partial charge < -0.3 is 5.32 Å². The lowest BCUT2D eigenvalue weighted by Gasteiger charge is -2.22. The summed E-state index contributed by atoms with van der Waals surface area (Å²) in [7, 11) is 0. The molecule has 28 heavy (non-hydrogen) atoms. The van der Waals surface area contributed by atoms with Crippen LogP contribution in [0.1, 0.15) is 24.0 Å². The van der Waals surface area contributed by atoms with E-state index in [4.69, 9.17) is 11.6 Å². The zero-order chi connectivity index (χ0) is 19.7. The van der Waals surface area contributed by atoms with Crippen LogP contribution in [0.15, 0.2) is 28.3 Å². The lowest BCUT2D eigenvalue weighted by molar-refractivity contribution is -0.122. The molecule has 0 aliphatic carbocycles. The summed E-state index contributed by atoms with van der Waals surface area (Å²) in [4.78, 5) is 27.6. The molecule has 4 N–H and O–H groups in total. The zero-order valence-corrected chi connectivity index (χ0v) is 16.2. The minimum absolute atomic E-state index is 0.160. The van der Waals surface area contributed by atoms with E-state index in [1.54, 1.807) is 6.07 Å². The molecule has 1 aromatic carbocycles. The summed E-state index contributed by atoms with van der Waals surface area (Å²) in [5.41, 5.74) is 10.2. The molecule has 0 saturated carbocycles. The van der Waals surface area contributed by atoms with Crippen molar-refractivity contribution in [2.75, 3.05) is 5.32 Å². The van der Waals surface area contributed by atoms with Crippen LogP contribution < -0.4 is 21.6 Å². The van der Waals surface area contributed by atoms with E-state index in [-0.39, 0.29) is 18.2 Å². The lowest BCUT2D eigenvalue weighted by Crippen LogP contribution is -2.43. The van der Waals surface area contributed by atoms with Crippen molar-refractivity contribution in [3.05, 3.63) is 34.3 Å². The summed E-state index contributed by atoms with van der Waals surface area (Å²) in [6.07, 6.45) is 0.546. The van der Waals surface area contributed by atoms with E-state index in [0.717, 1.165) is 16.8 Å². The second-order valence-electron chi connectivity index (χ2n) is 6.20. The van der Waals surface area contributed by atoms with Crippen molar-refractivity contribution in [3.63, 3.8) is 0 Å². The number of hydrazone groups is 1. The van der Waals surface area contributed by atoms with E-state index in [1.165, 1.54) is 11.3 Å². The zero-order valence-electron chi connectivity index (χ0n) is 14.6. The molecular formula is C16H15ClN8O2S. The molecule has 1 unspecified atom stereocenters. The van der Waals surface area contributed by atoms with E-state index in [2.05, 4.69) is 41.9 Å². The van der Waals surface area contributed by atoms with Crippen molar-refractivity contribution < 1.29 is 9.59 Å². The van der Waals surface area contributed by atoms with Gasteiger partial charge in [0.15, 0.2) is 0 Å². The fraction of sp³-hybridized carbons (Fsp3) is 0.250. The molecule has 0 radical (unpaired) electrons. The first kappa shape index (κ1) is 18.3. The molecule has 2 aromatic rings. The second kappa shape index (κ2) is 7.52. The van der Waals surface area contributed by atoms with Gasteiger partial charge in [0.25, 0.3) is 5.91 Å². The van der Waals surface area contributed by atoms with Gasteiger partial charge in [0.2, 0.25) is 16.2 Å². The van der Waals surface area contributed by atoms with Gasteiger partial charge in [0.1, 0.15) is 11.9 Å². The number of amidine groups is 1. The van der Waals surface area contributed by atoms with E-state index in [1.807, 2.05) is 19.1 Å². The van der Waals surface area contributed by atoms with Crippen molar-refractivity contribution in [1.82, 2.24) is 26.5 Å². The van der Waals surface area contributed by atoms with Crippen LogP contribution in [0, 0.1) is 6.92 Å². The van der Waals surface area contributed by atoms with Gasteiger partial charge in [-0.1, -0.05) is 29.0 Å².